The normalized spacial score (nSPS) is 14.6. The molecule has 1 atom stereocenters. The highest BCUT2D eigenvalue weighted by atomic mass is 16.3. The molecule has 2 aliphatic rings. The molecule has 12 aromatic rings. The molecule has 0 radical (unpaired) electrons. The number of benzene rings is 10. The zero-order chi connectivity index (χ0) is 41.9. The number of hydrogen-bond donors (Lipinski definition) is 0. The third-order valence-electron chi connectivity index (χ3n) is 14.0. The number of nitrogens with zero attached hydrogens (tertiary/aromatic N) is 2. The van der Waals surface area contributed by atoms with E-state index in [9.17, 15) is 0 Å². The summed E-state index contributed by atoms with van der Waals surface area (Å²) in [6.45, 7) is 0. The van der Waals surface area contributed by atoms with E-state index in [1.807, 2.05) is 0 Å². The van der Waals surface area contributed by atoms with Crippen LogP contribution in [0.5, 0.6) is 0 Å². The maximum absolute atomic E-state index is 7.23. The Morgan fingerprint density at radius 1 is 0.391 bits per heavy atom. The Hall–Kier alpha value is -8.40. The van der Waals surface area contributed by atoms with Crippen LogP contribution in [0.1, 0.15) is 22.5 Å². The molecule has 0 fully saturated rings. The lowest BCUT2D eigenvalue weighted by Gasteiger charge is -2.31. The van der Waals surface area contributed by atoms with Crippen LogP contribution < -0.4 is 4.90 Å². The fraction of sp³-hybridized carbons (Fsp3) is 0.0164. The molecule has 0 saturated carbocycles. The van der Waals surface area contributed by atoms with E-state index in [-0.39, 0.29) is 0 Å². The Morgan fingerprint density at radius 2 is 1.00 bits per heavy atom. The van der Waals surface area contributed by atoms with E-state index in [2.05, 4.69) is 240 Å². The van der Waals surface area contributed by atoms with Gasteiger partial charge in [0.25, 0.3) is 0 Å². The summed E-state index contributed by atoms with van der Waals surface area (Å²) in [5.74, 6) is 0.988. The minimum Gasteiger partial charge on any atom is -0.459 e. The summed E-state index contributed by atoms with van der Waals surface area (Å²) in [6.07, 6.45) is 0. The van der Waals surface area contributed by atoms with Crippen molar-refractivity contribution in [2.24, 2.45) is 0 Å². The Morgan fingerprint density at radius 3 is 1.81 bits per heavy atom. The van der Waals surface area contributed by atoms with Crippen molar-refractivity contribution in [2.45, 2.75) is 5.41 Å². The van der Waals surface area contributed by atoms with Gasteiger partial charge in [-0.05, 0) is 117 Å². The molecule has 298 valence electrons. The second-order valence-electron chi connectivity index (χ2n) is 17.2. The minimum absolute atomic E-state index is 0.703. The molecule has 14 rings (SSSR count). The van der Waals surface area contributed by atoms with E-state index >= 15 is 0 Å². The Kier molecular flexibility index (Phi) is 7.32. The number of anilines is 3. The predicted molar refractivity (Wildman–Crippen MR) is 264 cm³/mol. The predicted octanol–water partition coefficient (Wildman–Crippen LogP) is 16.2. The molecule has 10 aromatic carbocycles. The fourth-order valence-corrected chi connectivity index (χ4v) is 11.3. The van der Waals surface area contributed by atoms with Crippen molar-refractivity contribution in [1.82, 2.24) is 4.57 Å². The van der Waals surface area contributed by atoms with Crippen molar-refractivity contribution < 1.29 is 4.42 Å². The maximum atomic E-state index is 7.23. The second kappa shape index (κ2) is 13.3. The van der Waals surface area contributed by atoms with Gasteiger partial charge in [0, 0.05) is 44.2 Å². The summed E-state index contributed by atoms with van der Waals surface area (Å²) in [4.78, 5) is 2.42. The summed E-state index contributed by atoms with van der Waals surface area (Å²) >= 11 is 0. The summed E-state index contributed by atoms with van der Waals surface area (Å²) in [6, 6.07) is 84.3. The molecule has 0 aliphatic heterocycles. The molecular weight excluding hydrogens is 777 g/mol. The van der Waals surface area contributed by atoms with Crippen molar-refractivity contribution in [3.8, 4) is 39.1 Å². The lowest BCUT2D eigenvalue weighted by atomic mass is 9.72. The minimum atomic E-state index is -0.703. The van der Waals surface area contributed by atoms with Crippen LogP contribution in [0.25, 0.3) is 82.6 Å². The van der Waals surface area contributed by atoms with Gasteiger partial charge in [0.2, 0.25) is 0 Å². The van der Waals surface area contributed by atoms with Crippen molar-refractivity contribution in [2.75, 3.05) is 4.90 Å². The molecule has 0 N–H and O–H groups in total. The summed E-state index contributed by atoms with van der Waals surface area (Å²) in [7, 11) is 0. The monoisotopic (exact) mass is 814 g/mol. The van der Waals surface area contributed by atoms with Crippen molar-refractivity contribution in [3.63, 3.8) is 0 Å². The van der Waals surface area contributed by atoms with E-state index < -0.39 is 5.41 Å². The number of furan rings is 1. The Labute approximate surface area is 370 Å². The van der Waals surface area contributed by atoms with Gasteiger partial charge in [0.1, 0.15) is 16.8 Å². The average molecular weight is 815 g/mol. The fourth-order valence-electron chi connectivity index (χ4n) is 11.3. The lowest BCUT2D eigenvalue weighted by molar-refractivity contribution is 0.507. The van der Waals surface area contributed by atoms with E-state index in [1.54, 1.807) is 0 Å². The van der Waals surface area contributed by atoms with Crippen LogP contribution in [0.3, 0.4) is 0 Å². The first-order valence-corrected chi connectivity index (χ1v) is 22.1. The van der Waals surface area contributed by atoms with Crippen LogP contribution in [0.2, 0.25) is 0 Å². The summed E-state index contributed by atoms with van der Waals surface area (Å²) < 4.78 is 9.61. The van der Waals surface area contributed by atoms with Gasteiger partial charge in [0.05, 0.1) is 16.7 Å². The molecule has 0 bridgehead atoms. The number of fused-ring (bicyclic) bond motifs is 16. The van der Waals surface area contributed by atoms with Crippen LogP contribution in [0.4, 0.5) is 17.1 Å². The summed E-state index contributed by atoms with van der Waals surface area (Å²) in [5.41, 5.74) is 18.0. The van der Waals surface area contributed by atoms with Gasteiger partial charge >= 0.3 is 0 Å². The number of hydrogen-bond acceptors (Lipinski definition) is 2. The quantitative estimate of drug-likeness (QED) is 0.173. The highest BCUT2D eigenvalue weighted by Crippen LogP contribution is 2.65. The van der Waals surface area contributed by atoms with Crippen molar-refractivity contribution in [1.29, 1.82) is 0 Å². The van der Waals surface area contributed by atoms with Gasteiger partial charge in [0.15, 0.2) is 0 Å². The van der Waals surface area contributed by atoms with Crippen LogP contribution in [0, 0.1) is 0 Å². The SMILES string of the molecule is c1ccc(N(c2ccc3c(c2)C2(c4ccccc4-c4ccc(-c5ccc(-n6c7ccccc7c7ccccc76)cc5)cc42)c2oc4ccccc4c2-3)c2cccc3ccccc23)cc1. The van der Waals surface area contributed by atoms with E-state index in [0.717, 1.165) is 39.5 Å². The standard InChI is InChI=1S/C61H38N2O/c1-2-17-42(18-3-1)62(55-27-14-16-40-15-4-5-19-45(40)55)44-34-36-50-54(38-44)61(60-59(50)51-23-9-13-28-58(51)64-60)52-24-10-6-20-46(52)47-35-31-41(37-53(47)61)39-29-32-43(33-30-39)63-56-25-11-7-21-48(56)49-22-8-12-26-57(49)63/h1-38H. The van der Waals surface area contributed by atoms with E-state index in [0.29, 0.717) is 0 Å². The van der Waals surface area contributed by atoms with Gasteiger partial charge in [-0.1, -0.05) is 164 Å². The maximum Gasteiger partial charge on any atom is 0.135 e. The van der Waals surface area contributed by atoms with Gasteiger partial charge in [-0.2, -0.15) is 0 Å². The lowest BCUT2D eigenvalue weighted by Crippen LogP contribution is -2.26. The van der Waals surface area contributed by atoms with Crippen molar-refractivity contribution >= 4 is 60.6 Å². The molecule has 3 nitrogen and oxygen atoms in total. The van der Waals surface area contributed by atoms with Gasteiger partial charge < -0.3 is 13.9 Å². The molecule has 2 heterocycles. The average Bonchev–Trinajstić information content (AvgIpc) is 4.08. The Balaban J connectivity index is 0.999. The van der Waals surface area contributed by atoms with Gasteiger partial charge in [-0.15, -0.1) is 0 Å². The molecular formula is C61H38N2O. The van der Waals surface area contributed by atoms with E-state index in [1.165, 1.54) is 82.6 Å². The molecule has 3 heteroatoms. The van der Waals surface area contributed by atoms with Crippen LogP contribution >= 0.6 is 0 Å². The van der Waals surface area contributed by atoms with Crippen LogP contribution in [-0.2, 0) is 5.41 Å². The zero-order valence-electron chi connectivity index (χ0n) is 34.7. The molecule has 0 saturated heterocycles. The van der Waals surface area contributed by atoms with Crippen LogP contribution in [-0.4, -0.2) is 4.57 Å². The molecule has 2 aromatic heterocycles. The number of para-hydroxylation sites is 4. The zero-order valence-corrected chi connectivity index (χ0v) is 34.7. The largest absolute Gasteiger partial charge is 0.459 e. The Bertz CT molecular complexity index is 3800. The smallest absolute Gasteiger partial charge is 0.135 e. The van der Waals surface area contributed by atoms with Gasteiger partial charge in [-0.3, -0.25) is 0 Å². The highest BCUT2D eigenvalue weighted by Gasteiger charge is 2.55. The van der Waals surface area contributed by atoms with E-state index in [4.69, 9.17) is 4.42 Å². The molecule has 1 spiro atoms. The van der Waals surface area contributed by atoms with Crippen molar-refractivity contribution in [3.05, 3.63) is 253 Å². The van der Waals surface area contributed by atoms with Gasteiger partial charge in [-0.25, -0.2) is 0 Å². The molecule has 1 unspecified atom stereocenters. The third-order valence-corrected chi connectivity index (χ3v) is 14.0. The first-order chi connectivity index (χ1) is 31.8. The summed E-state index contributed by atoms with van der Waals surface area (Å²) in [5, 5.41) is 6.07. The first kappa shape index (κ1) is 35.2. The number of aromatic nitrogens is 1. The topological polar surface area (TPSA) is 21.3 Å². The molecule has 2 aliphatic carbocycles. The molecule has 64 heavy (non-hydrogen) atoms. The third kappa shape index (κ3) is 4.76. The molecule has 0 amide bonds. The highest BCUT2D eigenvalue weighted by molar-refractivity contribution is 6.10. The number of rotatable bonds is 5. The second-order valence-corrected chi connectivity index (χ2v) is 17.2. The first-order valence-electron chi connectivity index (χ1n) is 22.1. The van der Waals surface area contributed by atoms with Crippen LogP contribution in [0.15, 0.2) is 235 Å².